The van der Waals surface area contributed by atoms with Gasteiger partial charge in [0.15, 0.2) is 5.76 Å². The Hall–Kier alpha value is -0.420. The highest BCUT2D eigenvalue weighted by atomic mass is 32.5. The molecule has 0 aromatic heterocycles. The Bertz CT molecular complexity index is 304. The Kier molecular flexibility index (Phi) is 4.73. The number of carbonyl (C=O) groups excluding carboxylic acids is 1. The van der Waals surface area contributed by atoms with Crippen LogP contribution in [0.4, 0.5) is 0 Å². The first-order valence-electron chi connectivity index (χ1n) is 4.55. The molecule has 7 heteroatoms. The third-order valence-corrected chi connectivity index (χ3v) is 3.90. The average Bonchev–Trinajstić information content (AvgIpc) is 2.51. The number of cyclic esters (lactones) is 1. The Morgan fingerprint density at radius 3 is 2.47 bits per heavy atom. The highest BCUT2D eigenvalue weighted by Gasteiger charge is 2.25. The van der Waals surface area contributed by atoms with Gasteiger partial charge in [0.05, 0.1) is 19.3 Å². The normalized spacial score (nSPS) is 16.1. The van der Waals surface area contributed by atoms with Crippen molar-refractivity contribution in [3.8, 4) is 0 Å². The van der Waals surface area contributed by atoms with Crippen LogP contribution in [-0.2, 0) is 34.9 Å². The van der Waals surface area contributed by atoms with Crippen LogP contribution < -0.4 is 0 Å². The van der Waals surface area contributed by atoms with E-state index in [9.17, 15) is 4.79 Å². The van der Waals surface area contributed by atoms with E-state index in [1.165, 1.54) is 6.08 Å². The molecule has 0 spiro atoms. The van der Waals surface area contributed by atoms with Gasteiger partial charge in [-0.05, 0) is 13.8 Å². The molecule has 0 amide bonds. The Labute approximate surface area is 93.6 Å². The zero-order valence-corrected chi connectivity index (χ0v) is 10.3. The van der Waals surface area contributed by atoms with Gasteiger partial charge in [0.1, 0.15) is 6.61 Å². The molecule has 1 aliphatic heterocycles. The van der Waals surface area contributed by atoms with Crippen molar-refractivity contribution in [1.82, 2.24) is 0 Å². The lowest BCUT2D eigenvalue weighted by Crippen LogP contribution is -2.01. The second-order valence-electron chi connectivity index (χ2n) is 2.59. The summed E-state index contributed by atoms with van der Waals surface area (Å²) in [5.41, 5.74) is 0. The zero-order chi connectivity index (χ0) is 11.3. The molecule has 0 aromatic carbocycles. The standard InChI is InChI=1S/C8H13O5PS/c1-3-11-14(15,12-4-2)13-7-5-8(9)10-6-7/h5H,3-4,6H2,1-2H3. The number of esters is 1. The quantitative estimate of drug-likeness (QED) is 0.530. The van der Waals surface area contributed by atoms with Crippen molar-refractivity contribution in [2.75, 3.05) is 19.8 Å². The fourth-order valence-electron chi connectivity index (χ4n) is 0.960. The van der Waals surface area contributed by atoms with Gasteiger partial charge in [0.25, 0.3) is 0 Å². The van der Waals surface area contributed by atoms with Gasteiger partial charge in [-0.25, -0.2) is 4.79 Å². The van der Waals surface area contributed by atoms with Crippen molar-refractivity contribution >= 4 is 24.5 Å². The number of carbonyl (C=O) groups is 1. The first-order chi connectivity index (χ1) is 7.09. The molecule has 1 heterocycles. The predicted molar refractivity (Wildman–Crippen MR) is 57.7 cm³/mol. The molecule has 1 aliphatic rings. The second-order valence-corrected chi connectivity index (χ2v) is 5.53. The molecular formula is C8H13O5PS. The van der Waals surface area contributed by atoms with Crippen LogP contribution >= 0.6 is 6.72 Å². The first kappa shape index (κ1) is 12.6. The van der Waals surface area contributed by atoms with Crippen molar-refractivity contribution in [2.45, 2.75) is 13.8 Å². The molecule has 0 N–H and O–H groups in total. The van der Waals surface area contributed by atoms with Crippen LogP contribution in [0, 0.1) is 0 Å². The van der Waals surface area contributed by atoms with Gasteiger partial charge >= 0.3 is 12.7 Å². The lowest BCUT2D eigenvalue weighted by Gasteiger charge is -2.20. The molecule has 86 valence electrons. The summed E-state index contributed by atoms with van der Waals surface area (Å²) < 4.78 is 20.5. The zero-order valence-electron chi connectivity index (χ0n) is 8.60. The van der Waals surface area contributed by atoms with Gasteiger partial charge in [-0.15, -0.1) is 0 Å². The molecule has 15 heavy (non-hydrogen) atoms. The number of hydrogen-bond donors (Lipinski definition) is 0. The number of rotatable bonds is 6. The van der Waals surface area contributed by atoms with Crippen LogP contribution in [0.15, 0.2) is 11.8 Å². The molecule has 0 radical (unpaired) electrons. The molecule has 0 aromatic rings. The van der Waals surface area contributed by atoms with E-state index in [4.69, 9.17) is 25.4 Å². The largest absolute Gasteiger partial charge is 0.454 e. The van der Waals surface area contributed by atoms with Gasteiger partial charge in [-0.3, -0.25) is 9.05 Å². The molecule has 0 fully saturated rings. The van der Waals surface area contributed by atoms with Gasteiger partial charge in [-0.2, -0.15) is 0 Å². The van der Waals surface area contributed by atoms with Crippen molar-refractivity contribution in [3.63, 3.8) is 0 Å². The Morgan fingerprint density at radius 2 is 2.07 bits per heavy atom. The Balaban J connectivity index is 2.62. The highest BCUT2D eigenvalue weighted by molar-refractivity contribution is 8.07. The summed E-state index contributed by atoms with van der Waals surface area (Å²) in [6.45, 7) is 1.74. The predicted octanol–water partition coefficient (Wildman–Crippen LogP) is 1.74. The minimum atomic E-state index is -2.76. The van der Waals surface area contributed by atoms with Crippen molar-refractivity contribution in [2.24, 2.45) is 0 Å². The summed E-state index contributed by atoms with van der Waals surface area (Å²) in [4.78, 5) is 10.8. The summed E-state index contributed by atoms with van der Waals surface area (Å²) in [6.07, 6.45) is 1.25. The van der Waals surface area contributed by atoms with Crippen LogP contribution in [-0.4, -0.2) is 25.8 Å². The van der Waals surface area contributed by atoms with E-state index >= 15 is 0 Å². The van der Waals surface area contributed by atoms with Crippen LogP contribution in [0.2, 0.25) is 0 Å². The van der Waals surface area contributed by atoms with Crippen molar-refractivity contribution < 1.29 is 23.1 Å². The minimum absolute atomic E-state index is 0.0946. The van der Waals surface area contributed by atoms with Crippen molar-refractivity contribution in [1.29, 1.82) is 0 Å². The summed E-state index contributed by atoms with van der Waals surface area (Å²) >= 11 is 5.11. The van der Waals surface area contributed by atoms with E-state index in [-0.39, 0.29) is 6.61 Å². The minimum Gasteiger partial charge on any atom is -0.454 e. The molecule has 1 rings (SSSR count). The van der Waals surface area contributed by atoms with E-state index in [1.54, 1.807) is 13.8 Å². The van der Waals surface area contributed by atoms with E-state index < -0.39 is 12.7 Å². The summed E-state index contributed by atoms with van der Waals surface area (Å²) in [5.74, 6) is -0.0650. The molecule has 0 unspecified atom stereocenters. The maximum atomic E-state index is 10.8. The summed E-state index contributed by atoms with van der Waals surface area (Å²) in [5, 5.41) is 0. The van der Waals surface area contributed by atoms with Crippen LogP contribution in [0.3, 0.4) is 0 Å². The lowest BCUT2D eigenvalue weighted by atomic mass is 10.5. The maximum absolute atomic E-state index is 10.8. The lowest BCUT2D eigenvalue weighted by molar-refractivity contribution is -0.135. The van der Waals surface area contributed by atoms with E-state index in [0.29, 0.717) is 19.0 Å². The second kappa shape index (κ2) is 5.61. The van der Waals surface area contributed by atoms with Crippen LogP contribution in [0.25, 0.3) is 0 Å². The molecule has 5 nitrogen and oxygen atoms in total. The van der Waals surface area contributed by atoms with Crippen molar-refractivity contribution in [3.05, 3.63) is 11.8 Å². The Morgan fingerprint density at radius 1 is 1.47 bits per heavy atom. The summed E-state index contributed by atoms with van der Waals surface area (Å²) in [7, 11) is 0. The van der Waals surface area contributed by atoms with Gasteiger partial charge in [0.2, 0.25) is 0 Å². The fourth-order valence-corrected chi connectivity index (χ4v) is 3.08. The average molecular weight is 252 g/mol. The number of ether oxygens (including phenoxy) is 1. The highest BCUT2D eigenvalue weighted by Crippen LogP contribution is 2.51. The van der Waals surface area contributed by atoms with Crippen LogP contribution in [0.5, 0.6) is 0 Å². The SMILES string of the molecule is CCOP(=S)(OCC)OC1=CC(=O)OC1. The van der Waals surface area contributed by atoms with E-state index in [0.717, 1.165) is 0 Å². The molecule has 0 bridgehead atoms. The molecule has 0 atom stereocenters. The first-order valence-corrected chi connectivity index (χ1v) is 7.11. The van der Waals surface area contributed by atoms with E-state index in [2.05, 4.69) is 4.74 Å². The number of hydrogen-bond acceptors (Lipinski definition) is 6. The maximum Gasteiger partial charge on any atom is 0.380 e. The van der Waals surface area contributed by atoms with E-state index in [1.807, 2.05) is 0 Å². The monoisotopic (exact) mass is 252 g/mol. The third-order valence-electron chi connectivity index (χ3n) is 1.44. The molecule has 0 saturated heterocycles. The molecule has 0 aliphatic carbocycles. The molecule has 0 saturated carbocycles. The van der Waals surface area contributed by atoms with Gasteiger partial charge in [0, 0.05) is 11.8 Å². The molecular weight excluding hydrogens is 239 g/mol. The smallest absolute Gasteiger partial charge is 0.380 e. The van der Waals surface area contributed by atoms with Gasteiger partial charge in [-0.1, -0.05) is 0 Å². The fraction of sp³-hybridized carbons (Fsp3) is 0.625. The van der Waals surface area contributed by atoms with Crippen LogP contribution in [0.1, 0.15) is 13.8 Å². The summed E-state index contributed by atoms with van der Waals surface area (Å²) in [6, 6.07) is 0. The van der Waals surface area contributed by atoms with Gasteiger partial charge < -0.3 is 9.26 Å². The third kappa shape index (κ3) is 3.91. The topological polar surface area (TPSA) is 54.0 Å².